The molecular weight excluding hydrogens is 498 g/mol. The smallest absolute Gasteiger partial charge is 0.318 e. The van der Waals surface area contributed by atoms with Gasteiger partial charge < -0.3 is 26.2 Å². The van der Waals surface area contributed by atoms with Crippen LogP contribution in [0.2, 0.25) is 0 Å². The third-order valence-electron chi connectivity index (χ3n) is 8.57. The second-order valence-corrected chi connectivity index (χ2v) is 11.7. The van der Waals surface area contributed by atoms with Gasteiger partial charge in [-0.25, -0.2) is 4.79 Å². The monoisotopic (exact) mass is 547 g/mol. The van der Waals surface area contributed by atoms with Crippen LogP contribution < -0.4 is 16.4 Å². The van der Waals surface area contributed by atoms with Crippen molar-refractivity contribution in [1.29, 1.82) is 0 Å². The molecule has 4 N–H and O–H groups in total. The van der Waals surface area contributed by atoms with Crippen LogP contribution in [-0.4, -0.2) is 77.1 Å². The Hall–Kier alpha value is -2.65. The number of rotatable bonds is 9. The van der Waals surface area contributed by atoms with E-state index < -0.39 is 35.7 Å². The van der Waals surface area contributed by atoms with E-state index in [9.17, 15) is 24.0 Å². The molecule has 10 nitrogen and oxygen atoms in total. The molecule has 4 fully saturated rings. The zero-order valence-electron chi connectivity index (χ0n) is 23.9. The highest BCUT2D eigenvalue weighted by Crippen LogP contribution is 2.32. The molecule has 0 spiro atoms. The predicted octanol–water partition coefficient (Wildman–Crippen LogP) is 2.88. The number of hydrogen-bond donors (Lipinski definition) is 3. The van der Waals surface area contributed by atoms with E-state index in [1.54, 1.807) is 9.80 Å². The number of nitrogens with zero attached hydrogens (tertiary/aromatic N) is 2. The van der Waals surface area contributed by atoms with Crippen LogP contribution in [0.3, 0.4) is 0 Å². The van der Waals surface area contributed by atoms with Gasteiger partial charge in [-0.15, -0.1) is 0 Å². The van der Waals surface area contributed by atoms with E-state index >= 15 is 0 Å². The van der Waals surface area contributed by atoms with Gasteiger partial charge in [-0.05, 0) is 56.8 Å². The minimum atomic E-state index is -1.05. The second-order valence-electron chi connectivity index (χ2n) is 11.7. The first-order chi connectivity index (χ1) is 18.8. The lowest BCUT2D eigenvalue weighted by Crippen LogP contribution is -2.59. The maximum Gasteiger partial charge on any atom is 0.318 e. The van der Waals surface area contributed by atoms with Crippen molar-refractivity contribution in [2.24, 2.45) is 17.6 Å². The topological polar surface area (TPSA) is 142 Å². The summed E-state index contributed by atoms with van der Waals surface area (Å²) in [5.74, 6) is -2.15. The van der Waals surface area contributed by atoms with E-state index in [0.717, 1.165) is 64.2 Å². The Labute approximate surface area is 233 Å². The molecule has 0 bridgehead atoms. The van der Waals surface area contributed by atoms with Gasteiger partial charge in [0.2, 0.25) is 17.6 Å². The molecule has 3 atom stereocenters. The number of nitrogens with two attached hydrogens (primary N) is 1. The van der Waals surface area contributed by atoms with Gasteiger partial charge in [0.1, 0.15) is 12.1 Å². The van der Waals surface area contributed by atoms with Crippen molar-refractivity contribution in [2.75, 3.05) is 19.6 Å². The van der Waals surface area contributed by atoms with Gasteiger partial charge in [0.15, 0.2) is 0 Å². The van der Waals surface area contributed by atoms with E-state index in [1.165, 1.54) is 6.42 Å². The normalized spacial score (nSPS) is 23.2. The zero-order valence-corrected chi connectivity index (χ0v) is 23.9. The highest BCUT2D eigenvalue weighted by molar-refractivity contribution is 6.37. The lowest BCUT2D eigenvalue weighted by atomic mass is 9.80. The van der Waals surface area contributed by atoms with E-state index in [-0.39, 0.29) is 23.8 Å². The van der Waals surface area contributed by atoms with Crippen molar-refractivity contribution in [3.63, 3.8) is 0 Å². The summed E-state index contributed by atoms with van der Waals surface area (Å²) in [7, 11) is 0. The maximum atomic E-state index is 13.8. The first-order valence-electron chi connectivity index (χ1n) is 15.3. The fourth-order valence-electron chi connectivity index (χ4n) is 6.21. The van der Waals surface area contributed by atoms with E-state index in [1.807, 2.05) is 0 Å². The Morgan fingerprint density at radius 2 is 1.44 bits per heavy atom. The Bertz CT molecular complexity index is 864. The van der Waals surface area contributed by atoms with Crippen LogP contribution in [0, 0.1) is 11.8 Å². The van der Waals surface area contributed by atoms with Gasteiger partial charge in [-0.1, -0.05) is 58.8 Å². The summed E-state index contributed by atoms with van der Waals surface area (Å²) in [4.78, 5) is 67.4. The number of likely N-dealkylation sites (tertiary alicyclic amines) is 2. The van der Waals surface area contributed by atoms with Gasteiger partial charge in [0, 0.05) is 19.6 Å². The molecule has 4 aliphatic rings. The summed E-state index contributed by atoms with van der Waals surface area (Å²) >= 11 is 0. The summed E-state index contributed by atoms with van der Waals surface area (Å²) in [5, 5.41) is 5.78. The van der Waals surface area contributed by atoms with Crippen LogP contribution in [0.15, 0.2) is 0 Å². The molecule has 10 heteroatoms. The quantitative estimate of drug-likeness (QED) is 0.381. The Balaban J connectivity index is 0.00000134. The molecule has 0 aromatic rings. The number of amides is 5. The average molecular weight is 548 g/mol. The van der Waals surface area contributed by atoms with Crippen molar-refractivity contribution in [3.8, 4) is 0 Å². The third-order valence-corrected chi connectivity index (χ3v) is 8.57. The molecular formula is C29H49N5O5. The first-order valence-corrected chi connectivity index (χ1v) is 15.3. The summed E-state index contributed by atoms with van der Waals surface area (Å²) in [5.41, 5.74) is 5.25. The number of nitrogens with one attached hydrogen (secondary N) is 2. The highest BCUT2D eigenvalue weighted by Gasteiger charge is 2.42. The molecule has 2 saturated carbocycles. The fourth-order valence-corrected chi connectivity index (χ4v) is 6.21. The van der Waals surface area contributed by atoms with Gasteiger partial charge in [-0.3, -0.25) is 19.2 Å². The SMILES string of the molecule is CCC.NC(=O)C(=O)C(CC1CCC1)NC(=O)C1CCCN1C(=O)C(NC(=O)N1CCCC1)C1CCCCC1. The molecule has 220 valence electrons. The van der Waals surface area contributed by atoms with E-state index in [0.29, 0.717) is 38.9 Å². The van der Waals surface area contributed by atoms with Gasteiger partial charge in [0.25, 0.3) is 5.91 Å². The lowest BCUT2D eigenvalue weighted by molar-refractivity contribution is -0.143. The van der Waals surface area contributed by atoms with Crippen LogP contribution in [0.1, 0.15) is 104 Å². The minimum absolute atomic E-state index is 0.0462. The number of ketones is 1. The lowest BCUT2D eigenvalue weighted by Gasteiger charge is -2.36. The van der Waals surface area contributed by atoms with Crippen LogP contribution in [0.25, 0.3) is 0 Å². The van der Waals surface area contributed by atoms with E-state index in [4.69, 9.17) is 5.73 Å². The van der Waals surface area contributed by atoms with Crippen LogP contribution in [0.4, 0.5) is 4.79 Å². The molecule has 0 aromatic heterocycles. The largest absolute Gasteiger partial charge is 0.363 e. The number of urea groups is 1. The van der Waals surface area contributed by atoms with Crippen LogP contribution in [0.5, 0.6) is 0 Å². The van der Waals surface area contributed by atoms with Gasteiger partial charge >= 0.3 is 6.03 Å². The number of carbonyl (C=O) groups excluding carboxylic acids is 5. The number of Topliss-reactive ketones (excluding diaryl/α,β-unsaturated/α-hetero) is 1. The third kappa shape index (κ3) is 8.42. The Morgan fingerprint density at radius 1 is 0.795 bits per heavy atom. The zero-order chi connectivity index (χ0) is 28.4. The van der Waals surface area contributed by atoms with Crippen molar-refractivity contribution in [2.45, 2.75) is 122 Å². The molecule has 2 aliphatic heterocycles. The molecule has 0 radical (unpaired) electrons. The second kappa shape index (κ2) is 15.2. The van der Waals surface area contributed by atoms with Crippen molar-refractivity contribution >= 4 is 29.5 Å². The van der Waals surface area contributed by atoms with Crippen LogP contribution >= 0.6 is 0 Å². The summed E-state index contributed by atoms with van der Waals surface area (Å²) < 4.78 is 0. The molecule has 5 amide bonds. The molecule has 2 heterocycles. The minimum Gasteiger partial charge on any atom is -0.363 e. The number of carbonyl (C=O) groups is 5. The highest BCUT2D eigenvalue weighted by atomic mass is 16.2. The molecule has 3 unspecified atom stereocenters. The van der Waals surface area contributed by atoms with Crippen molar-refractivity contribution in [3.05, 3.63) is 0 Å². The summed E-state index contributed by atoms with van der Waals surface area (Å²) in [6.07, 6.45) is 12.7. The predicted molar refractivity (Wildman–Crippen MR) is 148 cm³/mol. The first kappa shape index (κ1) is 30.9. The van der Waals surface area contributed by atoms with E-state index in [2.05, 4.69) is 24.5 Å². The van der Waals surface area contributed by atoms with Crippen LogP contribution in [-0.2, 0) is 19.2 Å². The number of primary amides is 1. The van der Waals surface area contributed by atoms with Gasteiger partial charge in [-0.2, -0.15) is 0 Å². The maximum absolute atomic E-state index is 13.8. The summed E-state index contributed by atoms with van der Waals surface area (Å²) in [6.45, 7) is 6.07. The van der Waals surface area contributed by atoms with Crippen molar-refractivity contribution < 1.29 is 24.0 Å². The number of hydrogen-bond acceptors (Lipinski definition) is 5. The Morgan fingerprint density at radius 3 is 2.00 bits per heavy atom. The Kier molecular flexibility index (Phi) is 12.1. The molecule has 39 heavy (non-hydrogen) atoms. The molecule has 4 rings (SSSR count). The van der Waals surface area contributed by atoms with Gasteiger partial charge in [0.05, 0.1) is 6.04 Å². The average Bonchev–Trinajstić information content (AvgIpc) is 3.61. The summed E-state index contributed by atoms with van der Waals surface area (Å²) in [6, 6.07) is -2.55. The molecule has 0 aromatic carbocycles. The molecule has 2 aliphatic carbocycles. The van der Waals surface area contributed by atoms with Crippen molar-refractivity contribution in [1.82, 2.24) is 20.4 Å². The standard InChI is InChI=1S/C26H41N5O5.C3H8/c27-23(33)22(32)19(16-17-8-6-9-17)28-24(34)20-12-7-15-31(20)25(35)21(18-10-2-1-3-11-18)29-26(36)30-13-4-5-14-30;1-3-2/h17-21H,1-16H2,(H2,27,33)(H,28,34)(H,29,36);3H2,1-2H3. The fraction of sp³-hybridized carbons (Fsp3) is 0.828. The molecule has 2 saturated heterocycles.